The van der Waals surface area contributed by atoms with Crippen molar-refractivity contribution < 1.29 is 4.79 Å². The molecule has 3 N–H and O–H groups in total. The van der Waals surface area contributed by atoms with E-state index in [-0.39, 0.29) is 30.7 Å². The Labute approximate surface area is 152 Å². The topological polar surface area (TPSA) is 58.4 Å². The number of nitrogens with zero attached hydrogens (tertiary/aromatic N) is 1. The van der Waals surface area contributed by atoms with Crippen LogP contribution in [0.3, 0.4) is 0 Å². The molecule has 0 bridgehead atoms. The first-order valence-electron chi connectivity index (χ1n) is 8.04. The van der Waals surface area contributed by atoms with Crippen LogP contribution in [0, 0.1) is 0 Å². The molecule has 1 atom stereocenters. The summed E-state index contributed by atoms with van der Waals surface area (Å²) in [7, 11) is 0. The first-order valence-corrected chi connectivity index (χ1v) is 8.04. The van der Waals surface area contributed by atoms with Crippen LogP contribution < -0.4 is 11.1 Å². The number of rotatable bonds is 6. The molecule has 1 aromatic rings. The number of hydrogen-bond donors (Lipinski definition) is 2. The van der Waals surface area contributed by atoms with E-state index in [2.05, 4.69) is 17.1 Å². The van der Waals surface area contributed by atoms with Gasteiger partial charge in [0.15, 0.2) is 0 Å². The molecule has 1 unspecified atom stereocenters. The number of unbranched alkanes of at least 4 members (excludes halogenated alkanes) is 1. The minimum absolute atomic E-state index is 0. The monoisotopic (exact) mass is 361 g/mol. The lowest BCUT2D eigenvalue weighted by Gasteiger charge is -2.33. The van der Waals surface area contributed by atoms with Gasteiger partial charge in [0.25, 0.3) is 5.91 Å². The molecule has 2 rings (SSSR count). The van der Waals surface area contributed by atoms with E-state index in [1.165, 1.54) is 25.8 Å². The van der Waals surface area contributed by atoms with Gasteiger partial charge in [-0.3, -0.25) is 4.79 Å². The number of anilines is 1. The summed E-state index contributed by atoms with van der Waals surface area (Å²) in [5.74, 6) is -0.0337. The molecule has 0 spiro atoms. The van der Waals surface area contributed by atoms with Gasteiger partial charge in [-0.15, -0.1) is 24.8 Å². The van der Waals surface area contributed by atoms with E-state index in [0.29, 0.717) is 11.3 Å². The normalized spacial score (nSPS) is 17.7. The largest absolute Gasteiger partial charge is 0.399 e. The number of benzene rings is 1. The fourth-order valence-corrected chi connectivity index (χ4v) is 2.91. The Balaban J connectivity index is 0.00000242. The molecule has 1 heterocycles. The maximum absolute atomic E-state index is 11.9. The Bertz CT molecular complexity index is 471. The summed E-state index contributed by atoms with van der Waals surface area (Å²) in [6, 6.07) is 7.82. The van der Waals surface area contributed by atoms with Crippen LogP contribution >= 0.6 is 24.8 Å². The first kappa shape index (κ1) is 22.0. The maximum atomic E-state index is 11.9. The number of carbonyl (C=O) groups is 1. The van der Waals surface area contributed by atoms with Gasteiger partial charge in [-0.1, -0.05) is 12.5 Å². The summed E-state index contributed by atoms with van der Waals surface area (Å²) in [5.41, 5.74) is 6.95. The first-order chi connectivity index (χ1) is 10.2. The highest BCUT2D eigenvalue weighted by atomic mass is 35.5. The summed E-state index contributed by atoms with van der Waals surface area (Å²) >= 11 is 0. The third-order valence-corrected chi connectivity index (χ3v) is 4.25. The molecule has 1 amide bonds. The average Bonchev–Trinajstić information content (AvgIpc) is 2.48. The molecule has 1 aromatic carbocycles. The molecule has 132 valence electrons. The van der Waals surface area contributed by atoms with Crippen molar-refractivity contribution in [3.63, 3.8) is 0 Å². The molecular formula is C17H29Cl2N3O. The Kier molecular flexibility index (Phi) is 11.1. The van der Waals surface area contributed by atoms with E-state index >= 15 is 0 Å². The summed E-state index contributed by atoms with van der Waals surface area (Å²) in [6.07, 6.45) is 6.19. The number of amides is 1. The lowest BCUT2D eigenvalue weighted by molar-refractivity contribution is 0.0951. The summed E-state index contributed by atoms with van der Waals surface area (Å²) in [5, 5.41) is 2.96. The van der Waals surface area contributed by atoms with Crippen molar-refractivity contribution in [2.45, 2.75) is 45.1 Å². The van der Waals surface area contributed by atoms with E-state index in [0.717, 1.165) is 32.0 Å². The van der Waals surface area contributed by atoms with Gasteiger partial charge in [0.1, 0.15) is 0 Å². The fraction of sp³-hybridized carbons (Fsp3) is 0.588. The number of carbonyl (C=O) groups excluding carboxylic acids is 1. The van der Waals surface area contributed by atoms with Gasteiger partial charge in [-0.05, 0) is 63.9 Å². The molecule has 23 heavy (non-hydrogen) atoms. The Morgan fingerprint density at radius 2 is 2.09 bits per heavy atom. The van der Waals surface area contributed by atoms with Crippen molar-refractivity contribution >= 4 is 36.4 Å². The van der Waals surface area contributed by atoms with E-state index < -0.39 is 0 Å². The zero-order valence-corrected chi connectivity index (χ0v) is 15.4. The summed E-state index contributed by atoms with van der Waals surface area (Å²) < 4.78 is 0. The standard InChI is InChI=1S/C17H27N3O.2ClH/c1-14-7-2-4-11-20(14)12-5-3-10-19-17(21)15-8-6-9-16(18)13-15;;/h6,8-9,13-14H,2-5,7,10-12,18H2,1H3,(H,19,21);2*1H. The fourth-order valence-electron chi connectivity index (χ4n) is 2.91. The molecule has 1 saturated heterocycles. The highest BCUT2D eigenvalue weighted by molar-refractivity contribution is 5.94. The molecule has 0 aliphatic carbocycles. The summed E-state index contributed by atoms with van der Waals surface area (Å²) in [4.78, 5) is 14.5. The lowest BCUT2D eigenvalue weighted by Crippen LogP contribution is -2.38. The Morgan fingerprint density at radius 3 is 2.78 bits per heavy atom. The highest BCUT2D eigenvalue weighted by Gasteiger charge is 2.17. The van der Waals surface area contributed by atoms with Crippen molar-refractivity contribution in [2.24, 2.45) is 0 Å². The van der Waals surface area contributed by atoms with Crippen molar-refractivity contribution in [2.75, 3.05) is 25.4 Å². The molecule has 0 saturated carbocycles. The number of nitrogens with two attached hydrogens (primary N) is 1. The Hall–Kier alpha value is -0.970. The van der Waals surface area contributed by atoms with Crippen LogP contribution in [-0.4, -0.2) is 36.5 Å². The van der Waals surface area contributed by atoms with Gasteiger partial charge >= 0.3 is 0 Å². The van der Waals surface area contributed by atoms with Gasteiger partial charge in [0.2, 0.25) is 0 Å². The van der Waals surface area contributed by atoms with Crippen LogP contribution in [0.15, 0.2) is 24.3 Å². The van der Waals surface area contributed by atoms with Crippen LogP contribution in [0.2, 0.25) is 0 Å². The molecular weight excluding hydrogens is 333 g/mol. The van der Waals surface area contributed by atoms with Crippen LogP contribution in [-0.2, 0) is 0 Å². The van der Waals surface area contributed by atoms with Crippen molar-refractivity contribution in [1.82, 2.24) is 10.2 Å². The number of nitrogens with one attached hydrogen (secondary N) is 1. The lowest BCUT2D eigenvalue weighted by atomic mass is 10.0. The molecule has 6 heteroatoms. The molecule has 0 radical (unpaired) electrons. The zero-order valence-electron chi connectivity index (χ0n) is 13.8. The average molecular weight is 362 g/mol. The highest BCUT2D eigenvalue weighted by Crippen LogP contribution is 2.16. The molecule has 4 nitrogen and oxygen atoms in total. The van der Waals surface area contributed by atoms with Crippen LogP contribution in [0.1, 0.15) is 49.4 Å². The second kappa shape index (κ2) is 11.5. The smallest absolute Gasteiger partial charge is 0.251 e. The SMILES string of the molecule is CC1CCCCN1CCCCNC(=O)c1cccc(N)c1.Cl.Cl. The number of halogens is 2. The predicted octanol–water partition coefficient (Wildman–Crippen LogP) is 3.50. The number of nitrogen functional groups attached to an aromatic ring is 1. The predicted molar refractivity (Wildman–Crippen MR) is 102 cm³/mol. The third kappa shape index (κ3) is 7.42. The van der Waals surface area contributed by atoms with Crippen LogP contribution in [0.25, 0.3) is 0 Å². The van der Waals surface area contributed by atoms with Crippen molar-refractivity contribution in [3.8, 4) is 0 Å². The van der Waals surface area contributed by atoms with Crippen molar-refractivity contribution in [3.05, 3.63) is 29.8 Å². The molecule has 0 aromatic heterocycles. The molecule has 1 fully saturated rings. The molecule has 1 aliphatic rings. The minimum atomic E-state index is -0.0337. The van der Waals surface area contributed by atoms with Crippen molar-refractivity contribution in [1.29, 1.82) is 0 Å². The van der Waals surface area contributed by atoms with E-state index in [4.69, 9.17) is 5.73 Å². The zero-order chi connectivity index (χ0) is 15.1. The van der Waals surface area contributed by atoms with Crippen LogP contribution in [0.4, 0.5) is 5.69 Å². The van der Waals surface area contributed by atoms with Gasteiger partial charge in [-0.2, -0.15) is 0 Å². The van der Waals surface area contributed by atoms with Gasteiger partial charge in [0.05, 0.1) is 0 Å². The van der Waals surface area contributed by atoms with E-state index in [1.807, 2.05) is 6.07 Å². The Morgan fingerprint density at radius 1 is 1.30 bits per heavy atom. The summed E-state index contributed by atoms with van der Waals surface area (Å²) in [6.45, 7) is 5.43. The van der Waals surface area contributed by atoms with Crippen LogP contribution in [0.5, 0.6) is 0 Å². The van der Waals surface area contributed by atoms with Gasteiger partial charge in [-0.25, -0.2) is 0 Å². The third-order valence-electron chi connectivity index (χ3n) is 4.25. The van der Waals surface area contributed by atoms with Gasteiger partial charge < -0.3 is 16.0 Å². The van der Waals surface area contributed by atoms with E-state index in [1.54, 1.807) is 18.2 Å². The number of piperidine rings is 1. The quantitative estimate of drug-likeness (QED) is 0.602. The number of likely N-dealkylation sites (tertiary alicyclic amines) is 1. The second-order valence-corrected chi connectivity index (χ2v) is 5.97. The second-order valence-electron chi connectivity index (χ2n) is 5.97. The van der Waals surface area contributed by atoms with E-state index in [9.17, 15) is 4.79 Å². The molecule has 1 aliphatic heterocycles. The van der Waals surface area contributed by atoms with Gasteiger partial charge in [0, 0.05) is 23.8 Å². The number of hydrogen-bond acceptors (Lipinski definition) is 3. The maximum Gasteiger partial charge on any atom is 0.251 e. The minimum Gasteiger partial charge on any atom is -0.399 e.